The Morgan fingerprint density at radius 3 is 2.26 bits per heavy atom. The van der Waals surface area contributed by atoms with Gasteiger partial charge in [-0.05, 0) is 57.4 Å². The smallest absolute Gasteiger partial charge is 0.399 e. The van der Waals surface area contributed by atoms with E-state index in [-0.39, 0.29) is 18.3 Å². The van der Waals surface area contributed by atoms with E-state index in [1.165, 1.54) is 30.9 Å². The van der Waals surface area contributed by atoms with Gasteiger partial charge in [0.05, 0.1) is 16.2 Å². The molecule has 19 heavy (non-hydrogen) atoms. The summed E-state index contributed by atoms with van der Waals surface area (Å²) in [6.07, 6.45) is 2.62. The lowest BCUT2D eigenvalue weighted by Crippen LogP contribution is -2.41. The highest BCUT2D eigenvalue weighted by molar-refractivity contribution is 7.15. The van der Waals surface area contributed by atoms with Crippen LogP contribution in [0, 0.1) is 0 Å². The van der Waals surface area contributed by atoms with E-state index < -0.39 is 0 Å². The van der Waals surface area contributed by atoms with Crippen LogP contribution < -0.4 is 10.4 Å². The SMILES string of the molecule is CC1(C)OB(c2csc(N3CCCC3)c2)OC1(C)C. The van der Waals surface area contributed by atoms with Crippen molar-refractivity contribution in [2.75, 3.05) is 18.0 Å². The topological polar surface area (TPSA) is 21.7 Å². The van der Waals surface area contributed by atoms with Gasteiger partial charge in [0.25, 0.3) is 0 Å². The van der Waals surface area contributed by atoms with Crippen molar-refractivity contribution >= 4 is 28.9 Å². The summed E-state index contributed by atoms with van der Waals surface area (Å²) in [5.41, 5.74) is 0.645. The highest BCUT2D eigenvalue weighted by atomic mass is 32.1. The van der Waals surface area contributed by atoms with Crippen molar-refractivity contribution in [3.05, 3.63) is 11.4 Å². The minimum absolute atomic E-state index is 0.224. The number of nitrogens with zero attached hydrogens (tertiary/aromatic N) is 1. The Morgan fingerprint density at radius 2 is 1.68 bits per heavy atom. The van der Waals surface area contributed by atoms with E-state index in [4.69, 9.17) is 9.31 Å². The highest BCUT2D eigenvalue weighted by Crippen LogP contribution is 2.37. The Labute approximate surface area is 120 Å². The zero-order valence-corrected chi connectivity index (χ0v) is 13.0. The second kappa shape index (κ2) is 4.50. The van der Waals surface area contributed by atoms with Gasteiger partial charge in [-0.25, -0.2) is 0 Å². The monoisotopic (exact) mass is 279 g/mol. The second-order valence-corrected chi connectivity index (χ2v) is 7.39. The summed E-state index contributed by atoms with van der Waals surface area (Å²) in [6.45, 7) is 10.8. The van der Waals surface area contributed by atoms with Crippen molar-refractivity contribution in [1.82, 2.24) is 0 Å². The van der Waals surface area contributed by atoms with Crippen LogP contribution in [0.5, 0.6) is 0 Å². The Kier molecular flexibility index (Phi) is 3.19. The van der Waals surface area contributed by atoms with Gasteiger partial charge in [-0.15, -0.1) is 11.3 Å². The molecule has 0 atom stereocenters. The van der Waals surface area contributed by atoms with Gasteiger partial charge < -0.3 is 14.2 Å². The molecule has 0 radical (unpaired) electrons. The normalized spacial score (nSPS) is 25.3. The molecule has 0 bridgehead atoms. The molecule has 5 heteroatoms. The van der Waals surface area contributed by atoms with Crippen molar-refractivity contribution in [1.29, 1.82) is 0 Å². The standard InChI is InChI=1S/C14H22BNO2S/c1-13(2)14(3,4)18-15(17-13)11-9-12(19-10-11)16-7-5-6-8-16/h9-10H,5-8H2,1-4H3. The Balaban J connectivity index is 1.77. The van der Waals surface area contributed by atoms with Crippen molar-refractivity contribution in [3.63, 3.8) is 0 Å². The lowest BCUT2D eigenvalue weighted by molar-refractivity contribution is 0.00578. The number of rotatable bonds is 2. The van der Waals surface area contributed by atoms with Gasteiger partial charge in [0.15, 0.2) is 0 Å². The quantitative estimate of drug-likeness (QED) is 0.777. The van der Waals surface area contributed by atoms with E-state index in [0.29, 0.717) is 0 Å². The zero-order valence-electron chi connectivity index (χ0n) is 12.2. The third-order valence-electron chi connectivity index (χ3n) is 4.55. The molecule has 0 N–H and O–H groups in total. The van der Waals surface area contributed by atoms with Gasteiger partial charge in [-0.3, -0.25) is 0 Å². The van der Waals surface area contributed by atoms with E-state index in [1.807, 2.05) is 0 Å². The van der Waals surface area contributed by atoms with Gasteiger partial charge >= 0.3 is 7.12 Å². The molecule has 2 aliphatic heterocycles. The summed E-state index contributed by atoms with van der Waals surface area (Å²) in [5.74, 6) is 0. The maximum Gasteiger partial charge on any atom is 0.495 e. The molecule has 0 spiro atoms. The minimum atomic E-state index is -0.257. The van der Waals surface area contributed by atoms with E-state index in [1.54, 1.807) is 11.3 Å². The molecular weight excluding hydrogens is 257 g/mol. The van der Waals surface area contributed by atoms with Gasteiger partial charge in [-0.1, -0.05) is 0 Å². The van der Waals surface area contributed by atoms with Gasteiger partial charge in [0.1, 0.15) is 0 Å². The number of thiophene rings is 1. The molecule has 1 aromatic heterocycles. The third-order valence-corrected chi connectivity index (χ3v) is 5.56. The fraction of sp³-hybridized carbons (Fsp3) is 0.714. The maximum atomic E-state index is 6.09. The third kappa shape index (κ3) is 2.32. The van der Waals surface area contributed by atoms with E-state index in [9.17, 15) is 0 Å². The molecule has 104 valence electrons. The van der Waals surface area contributed by atoms with E-state index in [0.717, 1.165) is 5.46 Å². The summed E-state index contributed by atoms with van der Waals surface area (Å²) in [6, 6.07) is 2.23. The highest BCUT2D eigenvalue weighted by Gasteiger charge is 2.51. The summed E-state index contributed by atoms with van der Waals surface area (Å²) >= 11 is 1.80. The Hall–Kier alpha value is -0.515. The molecule has 2 saturated heterocycles. The van der Waals surface area contributed by atoms with Gasteiger partial charge in [0.2, 0.25) is 0 Å². The van der Waals surface area contributed by atoms with Crippen molar-refractivity contribution in [2.45, 2.75) is 51.7 Å². The lowest BCUT2D eigenvalue weighted by atomic mass is 9.81. The Morgan fingerprint density at radius 1 is 1.11 bits per heavy atom. The van der Waals surface area contributed by atoms with Crippen molar-refractivity contribution in [2.24, 2.45) is 0 Å². The fourth-order valence-corrected chi connectivity index (χ4v) is 3.52. The van der Waals surface area contributed by atoms with Crippen LogP contribution in [0.15, 0.2) is 11.4 Å². The largest absolute Gasteiger partial charge is 0.495 e. The van der Waals surface area contributed by atoms with Crippen LogP contribution in [-0.4, -0.2) is 31.4 Å². The van der Waals surface area contributed by atoms with Crippen LogP contribution in [0.4, 0.5) is 5.00 Å². The fourth-order valence-electron chi connectivity index (χ4n) is 2.55. The number of hydrogen-bond donors (Lipinski definition) is 0. The maximum absolute atomic E-state index is 6.09. The molecule has 1 aromatic rings. The molecule has 2 aliphatic rings. The van der Waals surface area contributed by atoms with Crippen molar-refractivity contribution < 1.29 is 9.31 Å². The van der Waals surface area contributed by atoms with E-state index in [2.05, 4.69) is 44.0 Å². The molecule has 0 unspecified atom stereocenters. The van der Waals surface area contributed by atoms with Crippen LogP contribution in [0.2, 0.25) is 0 Å². The first-order chi connectivity index (χ1) is 8.89. The first-order valence-corrected chi connectivity index (χ1v) is 7.96. The first kappa shape index (κ1) is 13.5. The van der Waals surface area contributed by atoms with Crippen LogP contribution >= 0.6 is 11.3 Å². The average molecular weight is 279 g/mol. The summed E-state index contributed by atoms with van der Waals surface area (Å²) < 4.78 is 12.2. The predicted molar refractivity (Wildman–Crippen MR) is 81.5 cm³/mol. The number of hydrogen-bond acceptors (Lipinski definition) is 4. The first-order valence-electron chi connectivity index (χ1n) is 7.08. The molecule has 0 aliphatic carbocycles. The summed E-state index contributed by atoms with van der Waals surface area (Å²) in [5, 5.41) is 3.53. The Bertz CT molecular complexity index is 450. The predicted octanol–water partition coefficient (Wildman–Crippen LogP) is 2.65. The summed E-state index contributed by atoms with van der Waals surface area (Å²) in [7, 11) is -0.224. The molecule has 3 nitrogen and oxygen atoms in total. The van der Waals surface area contributed by atoms with Crippen LogP contribution in [0.1, 0.15) is 40.5 Å². The molecule has 2 fully saturated rings. The van der Waals surface area contributed by atoms with Crippen LogP contribution in [-0.2, 0) is 9.31 Å². The van der Waals surface area contributed by atoms with Gasteiger partial charge in [0, 0.05) is 13.1 Å². The zero-order chi connectivity index (χ0) is 13.7. The lowest BCUT2D eigenvalue weighted by Gasteiger charge is -2.32. The van der Waals surface area contributed by atoms with E-state index >= 15 is 0 Å². The van der Waals surface area contributed by atoms with Crippen LogP contribution in [0.25, 0.3) is 0 Å². The minimum Gasteiger partial charge on any atom is -0.399 e. The summed E-state index contributed by atoms with van der Waals surface area (Å²) in [4.78, 5) is 2.46. The van der Waals surface area contributed by atoms with Crippen LogP contribution in [0.3, 0.4) is 0 Å². The molecular formula is C14H22BNO2S. The number of anilines is 1. The molecule has 3 rings (SSSR count). The van der Waals surface area contributed by atoms with Gasteiger partial charge in [-0.2, -0.15) is 0 Å². The molecule has 0 saturated carbocycles. The average Bonchev–Trinajstić information content (AvgIpc) is 3.00. The molecule has 3 heterocycles. The van der Waals surface area contributed by atoms with Crippen molar-refractivity contribution in [3.8, 4) is 0 Å². The molecule has 0 amide bonds. The second-order valence-electron chi connectivity index (χ2n) is 6.50. The molecule has 0 aromatic carbocycles.